The van der Waals surface area contributed by atoms with Crippen molar-refractivity contribution in [1.29, 1.82) is 0 Å². The molecule has 0 fully saturated rings. The van der Waals surface area contributed by atoms with Crippen molar-refractivity contribution in [3.8, 4) is 0 Å². The predicted molar refractivity (Wildman–Crippen MR) is 49.7 cm³/mol. The molecule has 0 saturated heterocycles. The van der Waals surface area contributed by atoms with E-state index in [2.05, 4.69) is 34.8 Å². The minimum atomic E-state index is -3.37. The summed E-state index contributed by atoms with van der Waals surface area (Å²) in [6.07, 6.45) is 8.82. The smallest absolute Gasteiger partial charge is 0.854 e. The first-order valence-corrected chi connectivity index (χ1v) is 5.48. The monoisotopic (exact) mass is 220 g/mol. The van der Waals surface area contributed by atoms with Crippen LogP contribution in [0.4, 0.5) is 0 Å². The van der Waals surface area contributed by atoms with Crippen molar-refractivity contribution in [3.05, 3.63) is 18.7 Å². The van der Waals surface area contributed by atoms with Gasteiger partial charge >= 0.3 is 2.85 Å². The van der Waals surface area contributed by atoms with Gasteiger partial charge in [-0.2, -0.15) is 0 Å². The van der Waals surface area contributed by atoms with Gasteiger partial charge in [0.05, 0.1) is 13.6 Å². The number of unbranched alkanes of at least 4 members (excludes halogenated alkanes) is 1. The van der Waals surface area contributed by atoms with Gasteiger partial charge in [0.2, 0.25) is 6.33 Å². The Labute approximate surface area is 88.2 Å². The van der Waals surface area contributed by atoms with Crippen LogP contribution in [0.2, 0.25) is 0 Å². The Bertz CT molecular complexity index is 246. The molecule has 0 saturated carbocycles. The van der Waals surface area contributed by atoms with Gasteiger partial charge in [0.1, 0.15) is 12.4 Å². The minimum Gasteiger partial charge on any atom is -0.854 e. The number of imidazole rings is 1. The Morgan fingerprint density at radius 1 is 1.43 bits per heavy atom. The van der Waals surface area contributed by atoms with Gasteiger partial charge < -0.3 is 23.3 Å². The molecule has 14 heavy (non-hydrogen) atoms. The number of nitrogens with zero attached hydrogens (tertiary/aromatic N) is 2. The summed E-state index contributed by atoms with van der Waals surface area (Å²) in [4.78, 5) is 25.4. The summed E-state index contributed by atoms with van der Waals surface area (Å²) in [6, 6.07) is 0. The average molecular weight is 220 g/mol. The molecule has 0 amide bonds. The van der Waals surface area contributed by atoms with Crippen molar-refractivity contribution < 1.29 is 22.1 Å². The second kappa shape index (κ2) is 7.88. The van der Waals surface area contributed by atoms with E-state index in [9.17, 15) is 0 Å². The van der Waals surface area contributed by atoms with Gasteiger partial charge in [-0.25, -0.2) is 9.13 Å². The maximum absolute atomic E-state index is 8.48. The first kappa shape index (κ1) is 13.5. The van der Waals surface area contributed by atoms with Crippen LogP contribution in [0.15, 0.2) is 18.7 Å². The topological polar surface area (TPSA) is 78.0 Å². The molecule has 0 aliphatic carbocycles. The molecule has 1 rings (SSSR count). The highest BCUT2D eigenvalue weighted by Crippen LogP contribution is 1.86. The van der Waals surface area contributed by atoms with Crippen molar-refractivity contribution in [1.82, 2.24) is 4.57 Å². The van der Waals surface area contributed by atoms with Crippen LogP contribution in [-0.2, 0) is 13.6 Å². The lowest BCUT2D eigenvalue weighted by Crippen LogP contribution is -2.30. The van der Waals surface area contributed by atoms with Gasteiger partial charge in [0.25, 0.3) is 0 Å². The zero-order valence-electron chi connectivity index (χ0n) is 10.4. The second-order valence-corrected chi connectivity index (χ2v) is 3.34. The SMILES string of the molecule is CCCC[n+]1ccn(C)c1.[H+].[H+].[O-]P([O-])[O-]. The second-order valence-electron chi connectivity index (χ2n) is 2.89. The molecule has 0 unspecified atom stereocenters. The quantitative estimate of drug-likeness (QED) is 0.466. The normalized spacial score (nSPS) is 9.86. The summed E-state index contributed by atoms with van der Waals surface area (Å²) in [5, 5.41) is 0. The standard InChI is InChI=1S/C8H15N2.O3P/c1-3-4-5-10-7-6-9(2)8-10;1-4(2)3/h6-8H,3-5H2,1-2H3;/q+1;-3/p+2. The van der Waals surface area contributed by atoms with E-state index in [1.807, 2.05) is 7.05 Å². The number of aromatic nitrogens is 2. The molecule has 1 aromatic heterocycles. The van der Waals surface area contributed by atoms with Gasteiger partial charge in [-0.3, -0.25) is 0 Å². The van der Waals surface area contributed by atoms with Gasteiger partial charge in [-0.15, -0.1) is 0 Å². The molecule has 6 heteroatoms. The van der Waals surface area contributed by atoms with E-state index in [1.165, 1.54) is 12.8 Å². The van der Waals surface area contributed by atoms with Crippen LogP contribution in [0.3, 0.4) is 0 Å². The third-order valence-corrected chi connectivity index (χ3v) is 1.59. The third-order valence-electron chi connectivity index (χ3n) is 1.59. The largest absolute Gasteiger partial charge is 1.00 e. The Morgan fingerprint density at radius 3 is 2.36 bits per heavy atom. The Hall–Kier alpha value is -0.480. The van der Waals surface area contributed by atoms with E-state index in [0.29, 0.717) is 0 Å². The molecule has 0 bridgehead atoms. The first-order valence-electron chi connectivity index (χ1n) is 4.38. The highest BCUT2D eigenvalue weighted by atomic mass is 31.2. The number of rotatable bonds is 3. The number of aryl methyl sites for hydroxylation is 2. The van der Waals surface area contributed by atoms with Crippen molar-refractivity contribution in [3.63, 3.8) is 0 Å². The van der Waals surface area contributed by atoms with Crippen LogP contribution in [0.5, 0.6) is 0 Å². The van der Waals surface area contributed by atoms with Crippen molar-refractivity contribution in [2.24, 2.45) is 7.05 Å². The van der Waals surface area contributed by atoms with E-state index in [0.717, 1.165) is 6.54 Å². The molecule has 1 aromatic rings. The molecule has 0 aliphatic rings. The van der Waals surface area contributed by atoms with E-state index in [4.69, 9.17) is 14.7 Å². The molecule has 0 aliphatic heterocycles. The van der Waals surface area contributed by atoms with Crippen LogP contribution < -0.4 is 19.2 Å². The zero-order valence-corrected chi connectivity index (χ0v) is 9.31. The van der Waals surface area contributed by atoms with Crippen molar-refractivity contribution in [2.75, 3.05) is 0 Å². The van der Waals surface area contributed by atoms with E-state index >= 15 is 0 Å². The Balaban J connectivity index is -0.000000249. The van der Waals surface area contributed by atoms with Gasteiger partial charge in [-0.05, 0) is 6.42 Å². The molecule has 0 N–H and O–H groups in total. The first-order chi connectivity index (χ1) is 6.56. The molecule has 0 aromatic carbocycles. The molecule has 0 spiro atoms. The van der Waals surface area contributed by atoms with Crippen molar-refractivity contribution in [2.45, 2.75) is 26.3 Å². The fraction of sp³-hybridized carbons (Fsp3) is 0.625. The molecule has 0 atom stereocenters. The van der Waals surface area contributed by atoms with Crippen LogP contribution in [0.1, 0.15) is 22.6 Å². The molecular formula is C8H17N2O3P. The number of hydrogen-bond acceptors (Lipinski definition) is 3. The van der Waals surface area contributed by atoms with Gasteiger partial charge in [0, 0.05) is 0 Å². The van der Waals surface area contributed by atoms with Crippen LogP contribution in [0, 0.1) is 0 Å². The van der Waals surface area contributed by atoms with Gasteiger partial charge in [0.15, 0.2) is 0 Å². The van der Waals surface area contributed by atoms with E-state index in [1.54, 1.807) is 0 Å². The lowest BCUT2D eigenvalue weighted by molar-refractivity contribution is -0.696. The fourth-order valence-electron chi connectivity index (χ4n) is 0.975. The van der Waals surface area contributed by atoms with E-state index in [-0.39, 0.29) is 2.85 Å². The predicted octanol–water partition coefficient (Wildman–Crippen LogP) is -1.37. The van der Waals surface area contributed by atoms with Crippen molar-refractivity contribution >= 4 is 8.60 Å². The summed E-state index contributed by atoms with van der Waals surface area (Å²) >= 11 is 0. The molecule has 1 heterocycles. The fourth-order valence-corrected chi connectivity index (χ4v) is 0.975. The zero-order chi connectivity index (χ0) is 11.0. The average Bonchev–Trinajstić information content (AvgIpc) is 2.47. The molecule has 82 valence electrons. The molecule has 0 radical (unpaired) electrons. The molecular weight excluding hydrogens is 203 g/mol. The minimum absolute atomic E-state index is 0. The van der Waals surface area contributed by atoms with Crippen LogP contribution in [0.25, 0.3) is 0 Å². The molecule has 5 nitrogen and oxygen atoms in total. The highest BCUT2D eigenvalue weighted by molar-refractivity contribution is 7.33. The van der Waals surface area contributed by atoms with Crippen LogP contribution in [-0.4, -0.2) is 4.57 Å². The summed E-state index contributed by atoms with van der Waals surface area (Å²) in [5.74, 6) is 0. The van der Waals surface area contributed by atoms with Gasteiger partial charge in [-0.1, -0.05) is 13.3 Å². The maximum Gasteiger partial charge on any atom is 1.00 e. The third kappa shape index (κ3) is 8.13. The van der Waals surface area contributed by atoms with Crippen LogP contribution >= 0.6 is 8.60 Å². The maximum atomic E-state index is 8.48. The highest BCUT2D eigenvalue weighted by Gasteiger charge is 1.96. The Morgan fingerprint density at radius 2 is 2.00 bits per heavy atom. The summed E-state index contributed by atoms with van der Waals surface area (Å²) in [6.45, 7) is 3.36. The lowest BCUT2D eigenvalue weighted by atomic mass is 10.3. The lowest BCUT2D eigenvalue weighted by Gasteiger charge is -2.39. The Kier molecular flexibility index (Phi) is 7.61. The summed E-state index contributed by atoms with van der Waals surface area (Å²) in [7, 11) is -1.33. The van der Waals surface area contributed by atoms with E-state index < -0.39 is 8.60 Å². The number of hydrogen-bond donors (Lipinski definition) is 0. The summed E-state index contributed by atoms with van der Waals surface area (Å²) in [5.41, 5.74) is 0. The summed E-state index contributed by atoms with van der Waals surface area (Å²) < 4.78 is 4.28.